The average Bonchev–Trinajstić information content (AvgIpc) is 2.86. The normalized spacial score (nSPS) is 12.6. The summed E-state index contributed by atoms with van der Waals surface area (Å²) in [6, 6.07) is 3.76. The molecule has 0 fully saturated rings. The van der Waals surface area contributed by atoms with Gasteiger partial charge in [-0.25, -0.2) is 0 Å². The van der Waals surface area contributed by atoms with Crippen molar-refractivity contribution in [1.29, 1.82) is 0 Å². The summed E-state index contributed by atoms with van der Waals surface area (Å²) in [5.74, 6) is 1.50. The molecule has 5 nitrogen and oxygen atoms in total. The quantitative estimate of drug-likeness (QED) is 0.852. The van der Waals surface area contributed by atoms with Crippen molar-refractivity contribution in [2.75, 3.05) is 6.54 Å². The van der Waals surface area contributed by atoms with Gasteiger partial charge in [0.1, 0.15) is 0 Å². The minimum absolute atomic E-state index is 0.247. The Labute approximate surface area is 100 Å². The fraction of sp³-hybridized carbons (Fsp3) is 0.417. The third-order valence-electron chi connectivity index (χ3n) is 2.62. The van der Waals surface area contributed by atoms with Crippen LogP contribution in [0, 0.1) is 0 Å². The minimum atomic E-state index is 0.247. The van der Waals surface area contributed by atoms with Gasteiger partial charge in [-0.05, 0) is 31.5 Å². The van der Waals surface area contributed by atoms with Crippen molar-refractivity contribution in [3.63, 3.8) is 0 Å². The molecule has 0 aliphatic heterocycles. The van der Waals surface area contributed by atoms with E-state index in [4.69, 9.17) is 10.3 Å². The fourth-order valence-corrected chi connectivity index (χ4v) is 1.60. The molecule has 0 spiro atoms. The lowest BCUT2D eigenvalue weighted by molar-refractivity contribution is 0.352. The van der Waals surface area contributed by atoms with Crippen LogP contribution in [0.2, 0.25) is 0 Å². The zero-order valence-corrected chi connectivity index (χ0v) is 9.84. The second kappa shape index (κ2) is 5.54. The molecule has 0 bridgehead atoms. The molecule has 0 radical (unpaired) electrons. The monoisotopic (exact) mass is 232 g/mol. The predicted molar refractivity (Wildman–Crippen MR) is 64.2 cm³/mol. The van der Waals surface area contributed by atoms with Gasteiger partial charge in [-0.3, -0.25) is 4.98 Å². The molecule has 2 rings (SSSR count). The number of rotatable bonds is 5. The van der Waals surface area contributed by atoms with E-state index in [2.05, 4.69) is 22.0 Å². The molecule has 0 amide bonds. The molecule has 0 saturated carbocycles. The molecular formula is C12H16N4O. The second-order valence-electron chi connectivity index (χ2n) is 4.03. The average molecular weight is 232 g/mol. The highest BCUT2D eigenvalue weighted by molar-refractivity contribution is 5.51. The first-order chi connectivity index (χ1) is 8.31. The van der Waals surface area contributed by atoms with Crippen LogP contribution in [0.4, 0.5) is 0 Å². The summed E-state index contributed by atoms with van der Waals surface area (Å²) in [5.41, 5.74) is 6.35. The Hall–Kier alpha value is -1.75. The molecule has 90 valence electrons. The Morgan fingerprint density at radius 1 is 1.47 bits per heavy atom. The van der Waals surface area contributed by atoms with Crippen LogP contribution in [-0.4, -0.2) is 21.7 Å². The van der Waals surface area contributed by atoms with Crippen molar-refractivity contribution in [3.8, 4) is 11.4 Å². The Bertz CT molecular complexity index is 455. The van der Waals surface area contributed by atoms with Gasteiger partial charge in [0.15, 0.2) is 0 Å². The van der Waals surface area contributed by atoms with Gasteiger partial charge in [0.2, 0.25) is 11.7 Å². The van der Waals surface area contributed by atoms with Crippen LogP contribution in [0.15, 0.2) is 29.0 Å². The lowest BCUT2D eigenvalue weighted by atomic mass is 10.1. The minimum Gasteiger partial charge on any atom is -0.339 e. The smallest absolute Gasteiger partial charge is 0.229 e. The van der Waals surface area contributed by atoms with Crippen LogP contribution < -0.4 is 5.73 Å². The van der Waals surface area contributed by atoms with Crippen LogP contribution >= 0.6 is 0 Å². The van der Waals surface area contributed by atoms with Gasteiger partial charge < -0.3 is 10.3 Å². The van der Waals surface area contributed by atoms with Gasteiger partial charge >= 0.3 is 0 Å². The van der Waals surface area contributed by atoms with Crippen molar-refractivity contribution in [2.24, 2.45) is 5.73 Å². The zero-order valence-electron chi connectivity index (χ0n) is 9.84. The number of aromatic nitrogens is 3. The molecule has 5 heteroatoms. The lowest BCUT2D eigenvalue weighted by Crippen LogP contribution is -2.02. The summed E-state index contributed by atoms with van der Waals surface area (Å²) in [4.78, 5) is 8.40. The SMILES string of the molecule is CC(CCCN)c1nc(-c2cccnc2)no1. The first-order valence-corrected chi connectivity index (χ1v) is 5.75. The third-order valence-corrected chi connectivity index (χ3v) is 2.62. The van der Waals surface area contributed by atoms with Crippen molar-refractivity contribution in [1.82, 2.24) is 15.1 Å². The fourth-order valence-electron chi connectivity index (χ4n) is 1.60. The molecule has 17 heavy (non-hydrogen) atoms. The molecular weight excluding hydrogens is 216 g/mol. The summed E-state index contributed by atoms with van der Waals surface area (Å²) >= 11 is 0. The number of pyridine rings is 1. The summed E-state index contributed by atoms with van der Waals surface area (Å²) in [7, 11) is 0. The lowest BCUT2D eigenvalue weighted by Gasteiger charge is -2.03. The molecule has 0 saturated heterocycles. The molecule has 0 aliphatic carbocycles. The summed E-state index contributed by atoms with van der Waals surface area (Å²) in [6.45, 7) is 2.75. The summed E-state index contributed by atoms with van der Waals surface area (Å²) in [6.07, 6.45) is 5.37. The van der Waals surface area contributed by atoms with Crippen molar-refractivity contribution in [3.05, 3.63) is 30.4 Å². The van der Waals surface area contributed by atoms with Crippen LogP contribution in [0.5, 0.6) is 0 Å². The third kappa shape index (κ3) is 2.88. The largest absolute Gasteiger partial charge is 0.339 e. The molecule has 1 atom stereocenters. The van der Waals surface area contributed by atoms with E-state index in [1.54, 1.807) is 12.4 Å². The van der Waals surface area contributed by atoms with Crippen molar-refractivity contribution in [2.45, 2.75) is 25.7 Å². The van der Waals surface area contributed by atoms with Crippen LogP contribution in [0.1, 0.15) is 31.6 Å². The molecule has 2 aromatic heterocycles. The highest BCUT2D eigenvalue weighted by Gasteiger charge is 2.14. The zero-order chi connectivity index (χ0) is 12.1. The number of nitrogens with zero attached hydrogens (tertiary/aromatic N) is 3. The van der Waals surface area contributed by atoms with Crippen LogP contribution in [0.25, 0.3) is 11.4 Å². The van der Waals surface area contributed by atoms with E-state index < -0.39 is 0 Å². The standard InChI is InChI=1S/C12H16N4O/c1-9(4-2-6-13)12-15-11(16-17-12)10-5-3-7-14-8-10/h3,5,7-9H,2,4,6,13H2,1H3. The predicted octanol–water partition coefficient (Wildman–Crippen LogP) is 1.97. The maximum atomic E-state index is 5.48. The van der Waals surface area contributed by atoms with Gasteiger partial charge in [0, 0.05) is 23.9 Å². The molecule has 2 heterocycles. The van der Waals surface area contributed by atoms with E-state index in [0.29, 0.717) is 18.3 Å². The van der Waals surface area contributed by atoms with Gasteiger partial charge in [0.05, 0.1) is 0 Å². The van der Waals surface area contributed by atoms with Gasteiger partial charge in [-0.15, -0.1) is 0 Å². The van der Waals surface area contributed by atoms with Gasteiger partial charge in [-0.1, -0.05) is 12.1 Å². The second-order valence-corrected chi connectivity index (χ2v) is 4.03. The van der Waals surface area contributed by atoms with Gasteiger partial charge in [0.25, 0.3) is 0 Å². The Balaban J connectivity index is 2.11. The Kier molecular flexibility index (Phi) is 3.82. The van der Waals surface area contributed by atoms with E-state index in [1.165, 1.54) is 0 Å². The molecule has 2 aromatic rings. The van der Waals surface area contributed by atoms with Crippen LogP contribution in [0.3, 0.4) is 0 Å². The Morgan fingerprint density at radius 2 is 2.35 bits per heavy atom. The first kappa shape index (κ1) is 11.7. The number of nitrogens with two attached hydrogens (primary N) is 1. The summed E-state index contributed by atoms with van der Waals surface area (Å²) in [5, 5.41) is 3.96. The first-order valence-electron chi connectivity index (χ1n) is 5.75. The van der Waals surface area contributed by atoms with E-state index in [1.807, 2.05) is 12.1 Å². The number of hydrogen-bond acceptors (Lipinski definition) is 5. The van der Waals surface area contributed by atoms with Crippen molar-refractivity contribution >= 4 is 0 Å². The summed E-state index contributed by atoms with van der Waals surface area (Å²) < 4.78 is 5.25. The molecule has 0 aromatic carbocycles. The maximum Gasteiger partial charge on any atom is 0.229 e. The molecule has 0 aliphatic rings. The van der Waals surface area contributed by atoms with E-state index in [9.17, 15) is 0 Å². The van der Waals surface area contributed by atoms with Gasteiger partial charge in [-0.2, -0.15) is 4.98 Å². The highest BCUT2D eigenvalue weighted by Crippen LogP contribution is 2.21. The topological polar surface area (TPSA) is 77.8 Å². The maximum absolute atomic E-state index is 5.48. The van der Waals surface area contributed by atoms with Crippen LogP contribution in [-0.2, 0) is 0 Å². The van der Waals surface area contributed by atoms with E-state index in [0.717, 1.165) is 18.4 Å². The molecule has 2 N–H and O–H groups in total. The van der Waals surface area contributed by atoms with Crippen molar-refractivity contribution < 1.29 is 4.52 Å². The van der Waals surface area contributed by atoms with E-state index >= 15 is 0 Å². The van der Waals surface area contributed by atoms with E-state index in [-0.39, 0.29) is 5.92 Å². The molecule has 1 unspecified atom stereocenters. The highest BCUT2D eigenvalue weighted by atomic mass is 16.5. The number of hydrogen-bond donors (Lipinski definition) is 1. The Morgan fingerprint density at radius 3 is 3.06 bits per heavy atom.